The highest BCUT2D eigenvalue weighted by molar-refractivity contribution is 7.47. The molecule has 0 aromatic rings. The van der Waals surface area contributed by atoms with E-state index >= 15 is 0 Å². The molecule has 0 aliphatic rings. The Hall–Kier alpha value is -4.54. The molecule has 5 unspecified atom stereocenters. The van der Waals surface area contributed by atoms with Gasteiger partial charge in [-0.3, -0.25) is 37.3 Å². The average molecular weight is 1530 g/mol. The number of esters is 4. The predicted octanol–water partition coefficient (Wildman–Crippen LogP) is 24.7. The Kier molecular flexibility index (Phi) is 75.2. The van der Waals surface area contributed by atoms with E-state index in [-0.39, 0.29) is 25.7 Å². The zero-order valence-electron chi connectivity index (χ0n) is 66.8. The summed E-state index contributed by atoms with van der Waals surface area (Å²) >= 11 is 0. The van der Waals surface area contributed by atoms with Crippen molar-refractivity contribution in [2.75, 3.05) is 39.6 Å². The number of aliphatic hydroxyl groups is 1. The van der Waals surface area contributed by atoms with Gasteiger partial charge in [-0.05, 0) is 135 Å². The first-order valence-electron chi connectivity index (χ1n) is 41.8. The first-order chi connectivity index (χ1) is 51.7. The SMILES string of the molecule is CC/C=C\C/C=C\C/C=C\C/C=C\CCCCCCCCC(=O)OCC(COP(=O)(O)OCC(O)COP(=O)(O)OCC(COC(=O)CCCCCCC/C=C\C/C=C\CCCCC)OC(=O)CCCCCCCCCCCCCCCCC)OC(=O)CCCCCC/C=C\C/C=C\C/C=C\C/C=C\CC. The number of allylic oxidation sites excluding steroid dienone is 20. The number of hydrogen-bond donors (Lipinski definition) is 3. The van der Waals surface area contributed by atoms with E-state index in [1.807, 2.05) is 0 Å². The van der Waals surface area contributed by atoms with Crippen molar-refractivity contribution in [1.29, 1.82) is 0 Å². The third-order valence-electron chi connectivity index (χ3n) is 17.4. The Balaban J connectivity index is 5.40. The molecule has 0 aliphatic heterocycles. The second-order valence-electron chi connectivity index (χ2n) is 27.7. The van der Waals surface area contributed by atoms with Crippen LogP contribution in [-0.2, 0) is 65.4 Å². The van der Waals surface area contributed by atoms with Gasteiger partial charge in [-0.25, -0.2) is 9.13 Å². The quantitative estimate of drug-likeness (QED) is 0.0169. The highest BCUT2D eigenvalue weighted by Gasteiger charge is 2.30. The number of unbranched alkanes of at least 4 members (excludes halogenated alkanes) is 32. The summed E-state index contributed by atoms with van der Waals surface area (Å²) in [6.45, 7) is 4.61. The van der Waals surface area contributed by atoms with E-state index in [9.17, 15) is 43.2 Å². The van der Waals surface area contributed by atoms with Crippen LogP contribution >= 0.6 is 15.6 Å². The van der Waals surface area contributed by atoms with Gasteiger partial charge in [-0.15, -0.1) is 0 Å². The van der Waals surface area contributed by atoms with E-state index in [1.165, 1.54) is 83.5 Å². The fraction of sp³-hybridized carbons (Fsp3) is 0.724. The normalized spacial score (nSPS) is 14.4. The molecular weight excluding hydrogens is 1380 g/mol. The van der Waals surface area contributed by atoms with Crippen LogP contribution in [0.4, 0.5) is 0 Å². The van der Waals surface area contributed by atoms with E-state index in [2.05, 4.69) is 149 Å². The minimum absolute atomic E-state index is 0.0613. The zero-order chi connectivity index (χ0) is 77.4. The number of carbonyl (C=O) groups excluding carboxylic acids is 4. The molecule has 5 atom stereocenters. The number of aliphatic hydroxyl groups excluding tert-OH is 1. The summed E-state index contributed by atoms with van der Waals surface area (Å²) in [5.74, 6) is -2.22. The van der Waals surface area contributed by atoms with Crippen LogP contribution in [0.5, 0.6) is 0 Å². The lowest BCUT2D eigenvalue weighted by molar-refractivity contribution is -0.161. The fourth-order valence-corrected chi connectivity index (χ4v) is 12.7. The molecule has 0 bridgehead atoms. The molecular formula is C87H150O17P2. The van der Waals surface area contributed by atoms with Crippen molar-refractivity contribution >= 4 is 39.5 Å². The van der Waals surface area contributed by atoms with Gasteiger partial charge in [-0.2, -0.15) is 0 Å². The Morgan fingerprint density at radius 3 is 0.774 bits per heavy atom. The minimum Gasteiger partial charge on any atom is -0.462 e. The zero-order valence-corrected chi connectivity index (χ0v) is 68.6. The fourth-order valence-electron chi connectivity index (χ4n) is 11.1. The summed E-state index contributed by atoms with van der Waals surface area (Å²) in [6, 6.07) is 0. The molecule has 0 heterocycles. The lowest BCUT2D eigenvalue weighted by Gasteiger charge is -2.21. The molecule has 17 nitrogen and oxygen atoms in total. The Bertz CT molecular complexity index is 2480. The van der Waals surface area contributed by atoms with Crippen molar-refractivity contribution in [2.24, 2.45) is 0 Å². The number of phosphoric ester groups is 2. The van der Waals surface area contributed by atoms with Gasteiger partial charge >= 0.3 is 39.5 Å². The van der Waals surface area contributed by atoms with Crippen molar-refractivity contribution in [1.82, 2.24) is 0 Å². The Morgan fingerprint density at radius 2 is 0.491 bits per heavy atom. The lowest BCUT2D eigenvalue weighted by Crippen LogP contribution is -2.30. The maximum Gasteiger partial charge on any atom is 0.472 e. The second kappa shape index (κ2) is 78.6. The molecule has 0 amide bonds. The molecule has 19 heteroatoms. The molecule has 0 aromatic heterocycles. The molecule has 0 saturated carbocycles. The van der Waals surface area contributed by atoms with Crippen LogP contribution < -0.4 is 0 Å². The third kappa shape index (κ3) is 77.6. The lowest BCUT2D eigenvalue weighted by atomic mass is 10.0. The number of hydrogen-bond acceptors (Lipinski definition) is 15. The molecule has 0 radical (unpaired) electrons. The molecule has 610 valence electrons. The number of ether oxygens (including phenoxy) is 4. The van der Waals surface area contributed by atoms with Gasteiger partial charge < -0.3 is 33.8 Å². The Labute approximate surface area is 644 Å². The number of phosphoric acid groups is 2. The van der Waals surface area contributed by atoms with Crippen LogP contribution in [0.15, 0.2) is 122 Å². The van der Waals surface area contributed by atoms with Crippen molar-refractivity contribution in [2.45, 2.75) is 367 Å². The summed E-state index contributed by atoms with van der Waals surface area (Å²) in [4.78, 5) is 73.2. The summed E-state index contributed by atoms with van der Waals surface area (Å²) in [6.07, 6.45) is 87.3. The maximum absolute atomic E-state index is 13.1. The van der Waals surface area contributed by atoms with E-state index in [1.54, 1.807) is 0 Å². The van der Waals surface area contributed by atoms with E-state index in [0.717, 1.165) is 186 Å². The molecule has 0 fully saturated rings. The third-order valence-corrected chi connectivity index (χ3v) is 19.3. The van der Waals surface area contributed by atoms with Gasteiger partial charge in [0.2, 0.25) is 0 Å². The van der Waals surface area contributed by atoms with Crippen molar-refractivity contribution in [3.8, 4) is 0 Å². The van der Waals surface area contributed by atoms with Crippen LogP contribution in [0.2, 0.25) is 0 Å². The summed E-state index contributed by atoms with van der Waals surface area (Å²) < 4.78 is 68.7. The molecule has 0 aromatic carbocycles. The molecule has 0 aliphatic carbocycles. The van der Waals surface area contributed by atoms with Crippen molar-refractivity contribution in [3.63, 3.8) is 0 Å². The van der Waals surface area contributed by atoms with Crippen LogP contribution in [0.1, 0.15) is 349 Å². The maximum atomic E-state index is 13.1. The van der Waals surface area contributed by atoms with Crippen molar-refractivity contribution in [3.05, 3.63) is 122 Å². The average Bonchev–Trinajstić information content (AvgIpc) is 0.902. The van der Waals surface area contributed by atoms with Gasteiger partial charge in [0, 0.05) is 25.7 Å². The van der Waals surface area contributed by atoms with E-state index in [0.29, 0.717) is 25.7 Å². The largest absolute Gasteiger partial charge is 0.472 e. The van der Waals surface area contributed by atoms with Gasteiger partial charge in [0.15, 0.2) is 12.2 Å². The first kappa shape index (κ1) is 101. The molecule has 106 heavy (non-hydrogen) atoms. The van der Waals surface area contributed by atoms with Gasteiger partial charge in [-0.1, -0.05) is 310 Å². The van der Waals surface area contributed by atoms with E-state index in [4.69, 9.17) is 37.0 Å². The second-order valence-corrected chi connectivity index (χ2v) is 30.6. The molecule has 3 N–H and O–H groups in total. The summed E-state index contributed by atoms with van der Waals surface area (Å²) in [5.41, 5.74) is 0. The van der Waals surface area contributed by atoms with Crippen LogP contribution in [0, 0.1) is 0 Å². The first-order valence-corrected chi connectivity index (χ1v) is 44.8. The monoisotopic (exact) mass is 1530 g/mol. The summed E-state index contributed by atoms with van der Waals surface area (Å²) in [7, 11) is -9.98. The molecule has 0 saturated heterocycles. The highest BCUT2D eigenvalue weighted by atomic mass is 31.2. The van der Waals surface area contributed by atoms with Crippen LogP contribution in [0.25, 0.3) is 0 Å². The number of rotatable bonds is 78. The smallest absolute Gasteiger partial charge is 0.462 e. The Morgan fingerprint density at radius 1 is 0.274 bits per heavy atom. The van der Waals surface area contributed by atoms with Gasteiger partial charge in [0.1, 0.15) is 19.3 Å². The standard InChI is InChI=1S/C87H150O17P2/c1-5-9-13-17-21-25-29-33-37-39-40-42-45-48-52-56-60-64-68-72-85(90)98-78-83(104-87(92)74-70-66-62-58-54-50-46-41-38-34-30-26-22-18-14-10-6-2)80-102-106(95,96)100-76-81(88)75-99-105(93,94)101-79-82(103-86(91)73-69-65-61-57-53-49-44-36-32-28-24-20-16-12-8-4)77-97-84(89)71-67-63-59-55-51-47-43-35-31-27-23-19-15-11-7-3/h9-10,13-14,21-23,25-27,33-35,37-38,40,42-43,46,50,81-83,88H,5-8,11-12,15-20,24,28-32,36,39,41,44-45,47-49,51-80H2,1-4H3,(H,93,94)(H,95,96)/b13-9-,14-10-,25-21-,26-22-,27-23-,37-33-,38-34-,42-40-,43-35-,50-46-. The van der Waals surface area contributed by atoms with Gasteiger partial charge in [0.05, 0.1) is 26.4 Å². The topological polar surface area (TPSA) is 237 Å². The van der Waals surface area contributed by atoms with Crippen LogP contribution in [-0.4, -0.2) is 96.7 Å². The number of carbonyl (C=O) groups is 4. The van der Waals surface area contributed by atoms with Crippen LogP contribution in [0.3, 0.4) is 0 Å². The van der Waals surface area contributed by atoms with Crippen molar-refractivity contribution < 1.29 is 80.2 Å². The summed E-state index contributed by atoms with van der Waals surface area (Å²) in [5, 5.41) is 10.7. The predicted molar refractivity (Wildman–Crippen MR) is 436 cm³/mol. The highest BCUT2D eigenvalue weighted by Crippen LogP contribution is 2.45. The molecule has 0 spiro atoms. The molecule has 0 rings (SSSR count). The minimum atomic E-state index is -4.99. The van der Waals surface area contributed by atoms with Gasteiger partial charge in [0.25, 0.3) is 0 Å². The van der Waals surface area contributed by atoms with E-state index < -0.39 is 97.5 Å².